The van der Waals surface area contributed by atoms with E-state index in [4.69, 9.17) is 16.3 Å². The van der Waals surface area contributed by atoms with Gasteiger partial charge in [0.25, 0.3) is 5.91 Å². The Labute approximate surface area is 173 Å². The summed E-state index contributed by atoms with van der Waals surface area (Å²) in [6.07, 6.45) is 0. The van der Waals surface area contributed by atoms with Crippen molar-refractivity contribution >= 4 is 39.2 Å². The maximum Gasteiger partial charge on any atom is 0.324 e. The maximum atomic E-state index is 13.7. The summed E-state index contributed by atoms with van der Waals surface area (Å²) in [5.74, 6) is -2.90. The minimum Gasteiger partial charge on any atom is -0.454 e. The van der Waals surface area contributed by atoms with E-state index in [0.29, 0.717) is 0 Å². The van der Waals surface area contributed by atoms with Crippen LogP contribution in [0.1, 0.15) is 13.8 Å². The summed E-state index contributed by atoms with van der Waals surface area (Å²) in [4.78, 5) is 24.3. The van der Waals surface area contributed by atoms with Gasteiger partial charge in [0.2, 0.25) is 10.0 Å². The van der Waals surface area contributed by atoms with Crippen molar-refractivity contribution in [1.82, 2.24) is 4.72 Å². The molecule has 2 rings (SSSR count). The first-order chi connectivity index (χ1) is 13.6. The van der Waals surface area contributed by atoms with Gasteiger partial charge in [0, 0.05) is 5.02 Å². The van der Waals surface area contributed by atoms with Gasteiger partial charge in [-0.05, 0) is 36.2 Å². The number of nitrogens with one attached hydrogen (secondary N) is 2. The molecule has 0 spiro atoms. The highest BCUT2D eigenvalue weighted by molar-refractivity contribution is 7.89. The van der Waals surface area contributed by atoms with Gasteiger partial charge in [-0.3, -0.25) is 9.59 Å². The van der Waals surface area contributed by atoms with Crippen molar-refractivity contribution in [2.24, 2.45) is 5.92 Å². The molecular formula is C19H20ClFN2O5S. The van der Waals surface area contributed by atoms with Crippen molar-refractivity contribution in [3.8, 4) is 0 Å². The first kappa shape index (κ1) is 22.8. The monoisotopic (exact) mass is 442 g/mol. The second-order valence-corrected chi connectivity index (χ2v) is 8.59. The molecule has 0 radical (unpaired) electrons. The number of esters is 1. The molecule has 2 aromatic rings. The Balaban J connectivity index is 1.99. The third kappa shape index (κ3) is 6.52. The number of hydrogen-bond acceptors (Lipinski definition) is 5. The minimum atomic E-state index is -3.96. The Morgan fingerprint density at radius 1 is 1.14 bits per heavy atom. The molecule has 1 amide bonds. The van der Waals surface area contributed by atoms with Crippen LogP contribution in [-0.4, -0.2) is 32.9 Å². The molecule has 2 aromatic carbocycles. The van der Waals surface area contributed by atoms with Gasteiger partial charge < -0.3 is 10.1 Å². The van der Waals surface area contributed by atoms with Crippen LogP contribution in [0.5, 0.6) is 0 Å². The molecule has 0 saturated carbocycles. The smallest absolute Gasteiger partial charge is 0.324 e. The number of carbonyl (C=O) groups is 2. The lowest BCUT2D eigenvalue weighted by Crippen LogP contribution is -2.45. The van der Waals surface area contributed by atoms with E-state index in [1.807, 2.05) is 0 Å². The normalized spacial score (nSPS) is 12.4. The van der Waals surface area contributed by atoms with Gasteiger partial charge >= 0.3 is 5.97 Å². The van der Waals surface area contributed by atoms with Gasteiger partial charge in [-0.2, -0.15) is 4.72 Å². The number of carbonyl (C=O) groups excluding carboxylic acids is 2. The highest BCUT2D eigenvalue weighted by Crippen LogP contribution is 2.19. The summed E-state index contributed by atoms with van der Waals surface area (Å²) in [5.41, 5.74) is -0.124. The van der Waals surface area contributed by atoms with Gasteiger partial charge in [0.05, 0.1) is 10.6 Å². The zero-order chi connectivity index (χ0) is 21.6. The van der Waals surface area contributed by atoms with E-state index in [1.165, 1.54) is 24.3 Å². The number of hydrogen-bond donors (Lipinski definition) is 2. The van der Waals surface area contributed by atoms with Crippen LogP contribution in [0.3, 0.4) is 0 Å². The largest absolute Gasteiger partial charge is 0.454 e. The number of anilines is 1. The third-order valence-corrected chi connectivity index (χ3v) is 5.50. The molecule has 156 valence electrons. The fourth-order valence-electron chi connectivity index (χ4n) is 2.29. The topological polar surface area (TPSA) is 102 Å². The quantitative estimate of drug-likeness (QED) is 0.612. The van der Waals surface area contributed by atoms with Crippen LogP contribution in [0.25, 0.3) is 0 Å². The summed E-state index contributed by atoms with van der Waals surface area (Å²) in [6.45, 7) is 2.54. The second kappa shape index (κ2) is 9.82. The van der Waals surface area contributed by atoms with Crippen LogP contribution in [0.15, 0.2) is 53.4 Å². The summed E-state index contributed by atoms with van der Waals surface area (Å²) in [5, 5.41) is 2.41. The number of benzene rings is 2. The number of amides is 1. The van der Waals surface area contributed by atoms with E-state index >= 15 is 0 Å². The number of rotatable bonds is 8. The molecule has 0 unspecified atom stereocenters. The molecule has 10 heteroatoms. The van der Waals surface area contributed by atoms with Crippen LogP contribution in [-0.2, 0) is 24.3 Å². The Kier molecular flexibility index (Phi) is 7.72. The van der Waals surface area contributed by atoms with E-state index in [-0.39, 0.29) is 15.6 Å². The zero-order valence-corrected chi connectivity index (χ0v) is 17.3. The molecule has 0 aliphatic carbocycles. The number of ether oxygens (including phenoxy) is 1. The van der Waals surface area contributed by atoms with Crippen molar-refractivity contribution in [3.63, 3.8) is 0 Å². The van der Waals surface area contributed by atoms with Crippen molar-refractivity contribution < 1.29 is 27.1 Å². The molecule has 0 aliphatic heterocycles. The van der Waals surface area contributed by atoms with Crippen LogP contribution in [0.2, 0.25) is 5.02 Å². The number of sulfonamides is 1. The average Bonchev–Trinajstić information content (AvgIpc) is 2.67. The Bertz CT molecular complexity index is 983. The Morgan fingerprint density at radius 2 is 1.79 bits per heavy atom. The first-order valence-corrected chi connectivity index (χ1v) is 10.4. The van der Waals surface area contributed by atoms with Crippen molar-refractivity contribution in [3.05, 3.63) is 59.4 Å². The number of halogens is 2. The highest BCUT2D eigenvalue weighted by atomic mass is 35.5. The molecule has 2 N–H and O–H groups in total. The zero-order valence-electron chi connectivity index (χ0n) is 15.7. The highest BCUT2D eigenvalue weighted by Gasteiger charge is 2.30. The summed E-state index contributed by atoms with van der Waals surface area (Å²) >= 11 is 5.64. The Morgan fingerprint density at radius 3 is 2.38 bits per heavy atom. The Hall–Kier alpha value is -2.49. The van der Waals surface area contributed by atoms with Crippen molar-refractivity contribution in [2.45, 2.75) is 24.8 Å². The standard InChI is InChI=1S/C19H20ClFN2O5S/c1-12(2)18(23-29(26,27)14-6-4-3-5-7-14)19(25)28-11-17(24)22-16-9-8-13(20)10-15(16)21/h3-10,12,18,23H,11H2,1-2H3,(H,22,24)/t18-/m1/s1. The van der Waals surface area contributed by atoms with E-state index in [1.54, 1.807) is 32.0 Å². The fraction of sp³-hybridized carbons (Fsp3) is 0.263. The summed E-state index contributed by atoms with van der Waals surface area (Å²) in [6, 6.07) is 10.0. The van der Waals surface area contributed by atoms with Gasteiger partial charge in [0.1, 0.15) is 11.9 Å². The maximum absolute atomic E-state index is 13.7. The predicted octanol–water partition coefficient (Wildman–Crippen LogP) is 2.96. The van der Waals surface area contributed by atoms with Gasteiger partial charge in [0.15, 0.2) is 6.61 Å². The second-order valence-electron chi connectivity index (χ2n) is 6.44. The van der Waals surface area contributed by atoms with E-state index < -0.39 is 46.3 Å². The molecule has 7 nitrogen and oxygen atoms in total. The van der Waals surface area contributed by atoms with Crippen LogP contribution < -0.4 is 10.0 Å². The van der Waals surface area contributed by atoms with Crippen LogP contribution >= 0.6 is 11.6 Å². The van der Waals surface area contributed by atoms with E-state index in [9.17, 15) is 22.4 Å². The molecule has 0 saturated heterocycles. The lowest BCUT2D eigenvalue weighted by Gasteiger charge is -2.20. The van der Waals surface area contributed by atoms with Crippen molar-refractivity contribution in [1.29, 1.82) is 0 Å². The molecule has 0 aliphatic rings. The lowest BCUT2D eigenvalue weighted by atomic mass is 10.1. The van der Waals surface area contributed by atoms with E-state index in [2.05, 4.69) is 10.0 Å². The molecule has 0 bridgehead atoms. The summed E-state index contributed by atoms with van der Waals surface area (Å²) < 4.78 is 45.8. The first-order valence-electron chi connectivity index (χ1n) is 8.59. The van der Waals surface area contributed by atoms with Crippen LogP contribution in [0.4, 0.5) is 10.1 Å². The molecule has 0 heterocycles. The summed E-state index contributed by atoms with van der Waals surface area (Å²) in [7, 11) is -3.96. The van der Waals surface area contributed by atoms with Crippen molar-refractivity contribution in [2.75, 3.05) is 11.9 Å². The van der Waals surface area contributed by atoms with Crippen LogP contribution in [0, 0.1) is 11.7 Å². The average molecular weight is 443 g/mol. The lowest BCUT2D eigenvalue weighted by molar-refractivity contribution is -0.150. The van der Waals surface area contributed by atoms with Gasteiger partial charge in [-0.25, -0.2) is 12.8 Å². The van der Waals surface area contributed by atoms with Gasteiger partial charge in [-0.1, -0.05) is 43.6 Å². The third-order valence-electron chi connectivity index (χ3n) is 3.81. The SMILES string of the molecule is CC(C)[C@@H](NS(=O)(=O)c1ccccc1)C(=O)OCC(=O)Nc1ccc(Cl)cc1F. The molecular weight excluding hydrogens is 423 g/mol. The van der Waals surface area contributed by atoms with Gasteiger partial charge in [-0.15, -0.1) is 0 Å². The fourth-order valence-corrected chi connectivity index (χ4v) is 3.81. The molecule has 1 atom stereocenters. The predicted molar refractivity (Wildman–Crippen MR) is 106 cm³/mol. The molecule has 29 heavy (non-hydrogen) atoms. The molecule has 0 aromatic heterocycles. The minimum absolute atomic E-state index is 0.00518. The van der Waals surface area contributed by atoms with E-state index in [0.717, 1.165) is 6.07 Å². The molecule has 0 fully saturated rings.